The fourth-order valence-corrected chi connectivity index (χ4v) is 2.47. The van der Waals surface area contributed by atoms with Crippen LogP contribution in [0.25, 0.3) is 5.65 Å². The molecule has 2 aromatic heterocycles. The quantitative estimate of drug-likeness (QED) is 0.933. The Morgan fingerprint density at radius 2 is 2.33 bits per heavy atom. The summed E-state index contributed by atoms with van der Waals surface area (Å²) in [6, 6.07) is 4.50. The minimum atomic E-state index is 0.533. The van der Waals surface area contributed by atoms with Crippen LogP contribution in [-0.2, 0) is 0 Å². The number of pyridine rings is 1. The minimum absolute atomic E-state index is 0.533. The Morgan fingerprint density at radius 1 is 1.50 bits per heavy atom. The van der Waals surface area contributed by atoms with Gasteiger partial charge in [-0.1, -0.05) is 6.92 Å². The molecular formula is C12H16BrN5. The molecular weight excluding hydrogens is 294 g/mol. The van der Waals surface area contributed by atoms with E-state index >= 15 is 0 Å². The highest BCUT2D eigenvalue weighted by Gasteiger charge is 2.26. The van der Waals surface area contributed by atoms with E-state index in [0.29, 0.717) is 6.04 Å². The molecule has 1 aliphatic rings. The zero-order chi connectivity index (χ0) is 12.5. The van der Waals surface area contributed by atoms with Gasteiger partial charge in [0.1, 0.15) is 0 Å². The van der Waals surface area contributed by atoms with Crippen LogP contribution in [0.1, 0.15) is 13.3 Å². The van der Waals surface area contributed by atoms with E-state index in [9.17, 15) is 0 Å². The first-order valence-corrected chi connectivity index (χ1v) is 7.06. The van der Waals surface area contributed by atoms with Gasteiger partial charge in [0.05, 0.1) is 6.04 Å². The highest BCUT2D eigenvalue weighted by atomic mass is 79.9. The molecule has 0 atom stereocenters. The van der Waals surface area contributed by atoms with E-state index in [1.807, 2.05) is 22.8 Å². The summed E-state index contributed by atoms with van der Waals surface area (Å²) >= 11 is 3.45. The van der Waals surface area contributed by atoms with Gasteiger partial charge in [-0.3, -0.25) is 0 Å². The van der Waals surface area contributed by atoms with E-state index < -0.39 is 0 Å². The summed E-state index contributed by atoms with van der Waals surface area (Å²) in [4.78, 5) is 6.91. The molecule has 1 fully saturated rings. The standard InChI is InChI=1S/C12H16BrN5/c1-2-5-17(10-6-14-7-10)12-15-11-4-3-9(13)8-18(11)16-12/h3-4,8,10,14H,2,5-7H2,1H3. The number of aromatic nitrogens is 3. The maximum absolute atomic E-state index is 4.60. The fraction of sp³-hybridized carbons (Fsp3) is 0.500. The van der Waals surface area contributed by atoms with Crippen LogP contribution in [0.15, 0.2) is 22.8 Å². The first-order chi connectivity index (χ1) is 8.78. The number of hydrogen-bond donors (Lipinski definition) is 1. The third-order valence-electron chi connectivity index (χ3n) is 3.21. The predicted octanol–water partition coefficient (Wildman–Crippen LogP) is 1.68. The lowest BCUT2D eigenvalue weighted by Gasteiger charge is -2.37. The van der Waals surface area contributed by atoms with Crippen LogP contribution in [0.4, 0.5) is 5.95 Å². The fourth-order valence-electron chi connectivity index (χ4n) is 2.15. The van der Waals surface area contributed by atoms with Crippen molar-refractivity contribution < 1.29 is 0 Å². The summed E-state index contributed by atoms with van der Waals surface area (Å²) in [6.45, 7) is 5.24. The van der Waals surface area contributed by atoms with Gasteiger partial charge < -0.3 is 10.2 Å². The minimum Gasteiger partial charge on any atom is -0.334 e. The summed E-state index contributed by atoms with van der Waals surface area (Å²) < 4.78 is 2.84. The molecule has 0 aliphatic carbocycles. The van der Waals surface area contributed by atoms with Crippen molar-refractivity contribution in [3.8, 4) is 0 Å². The van der Waals surface area contributed by atoms with E-state index in [-0.39, 0.29) is 0 Å². The molecule has 0 bridgehead atoms. The normalized spacial score (nSPS) is 15.9. The number of fused-ring (bicyclic) bond motifs is 1. The van der Waals surface area contributed by atoms with Gasteiger partial charge >= 0.3 is 0 Å². The molecule has 0 radical (unpaired) electrons. The van der Waals surface area contributed by atoms with Gasteiger partial charge in [0.2, 0.25) is 5.95 Å². The first-order valence-electron chi connectivity index (χ1n) is 6.27. The molecule has 0 unspecified atom stereocenters. The number of halogens is 1. The first kappa shape index (κ1) is 11.9. The maximum Gasteiger partial charge on any atom is 0.246 e. The highest BCUT2D eigenvalue weighted by molar-refractivity contribution is 9.10. The Hall–Kier alpha value is -1.14. The van der Waals surface area contributed by atoms with Crippen LogP contribution in [0.2, 0.25) is 0 Å². The maximum atomic E-state index is 4.60. The zero-order valence-corrected chi connectivity index (χ0v) is 11.9. The van der Waals surface area contributed by atoms with E-state index in [1.165, 1.54) is 0 Å². The van der Waals surface area contributed by atoms with Gasteiger partial charge in [-0.05, 0) is 34.5 Å². The molecule has 0 spiro atoms. The highest BCUT2D eigenvalue weighted by Crippen LogP contribution is 2.18. The topological polar surface area (TPSA) is 45.5 Å². The van der Waals surface area contributed by atoms with Crippen LogP contribution >= 0.6 is 15.9 Å². The SMILES string of the molecule is CCCN(c1nc2ccc(Br)cn2n1)C1CNC1. The van der Waals surface area contributed by atoms with Crippen molar-refractivity contribution >= 4 is 27.5 Å². The van der Waals surface area contributed by atoms with Gasteiger partial charge in [0.15, 0.2) is 5.65 Å². The third kappa shape index (κ3) is 2.10. The predicted molar refractivity (Wildman–Crippen MR) is 75.0 cm³/mol. The van der Waals surface area contributed by atoms with E-state index in [0.717, 1.165) is 42.1 Å². The second kappa shape index (κ2) is 4.85. The third-order valence-corrected chi connectivity index (χ3v) is 3.67. The van der Waals surface area contributed by atoms with Gasteiger partial charge in [-0.15, -0.1) is 5.10 Å². The second-order valence-corrected chi connectivity index (χ2v) is 5.48. The molecule has 3 rings (SSSR count). The number of nitrogens with zero attached hydrogens (tertiary/aromatic N) is 4. The molecule has 18 heavy (non-hydrogen) atoms. The van der Waals surface area contributed by atoms with Crippen molar-refractivity contribution in [2.24, 2.45) is 0 Å². The average molecular weight is 310 g/mol. The van der Waals surface area contributed by atoms with Gasteiger partial charge in [-0.25, -0.2) is 4.52 Å². The average Bonchev–Trinajstić information content (AvgIpc) is 2.68. The van der Waals surface area contributed by atoms with Gasteiger partial charge in [-0.2, -0.15) is 4.98 Å². The number of hydrogen-bond acceptors (Lipinski definition) is 4. The van der Waals surface area contributed by atoms with Gasteiger partial charge in [0, 0.05) is 30.3 Å². The molecule has 0 saturated carbocycles. The van der Waals surface area contributed by atoms with Crippen LogP contribution in [0.5, 0.6) is 0 Å². The van der Waals surface area contributed by atoms with E-state index in [4.69, 9.17) is 0 Å². The largest absolute Gasteiger partial charge is 0.334 e. The molecule has 0 aromatic carbocycles. The summed E-state index contributed by atoms with van der Waals surface area (Å²) in [6.07, 6.45) is 3.05. The van der Waals surface area contributed by atoms with E-state index in [2.05, 4.69) is 43.2 Å². The van der Waals surface area contributed by atoms with Crippen molar-refractivity contribution in [2.75, 3.05) is 24.5 Å². The van der Waals surface area contributed by atoms with Crippen LogP contribution in [0, 0.1) is 0 Å². The zero-order valence-electron chi connectivity index (χ0n) is 10.3. The molecule has 1 aliphatic heterocycles. The Bertz CT molecular complexity index is 548. The van der Waals surface area contributed by atoms with Crippen LogP contribution in [0.3, 0.4) is 0 Å². The lowest BCUT2D eigenvalue weighted by Crippen LogP contribution is -2.58. The monoisotopic (exact) mass is 309 g/mol. The van der Waals surface area contributed by atoms with Crippen molar-refractivity contribution in [3.63, 3.8) is 0 Å². The molecule has 1 N–H and O–H groups in total. The van der Waals surface area contributed by atoms with Gasteiger partial charge in [0.25, 0.3) is 0 Å². The number of anilines is 1. The van der Waals surface area contributed by atoms with Crippen molar-refractivity contribution in [1.29, 1.82) is 0 Å². The molecule has 6 heteroatoms. The summed E-state index contributed by atoms with van der Waals surface area (Å²) in [5.41, 5.74) is 0.890. The van der Waals surface area contributed by atoms with Crippen molar-refractivity contribution in [1.82, 2.24) is 19.9 Å². The van der Waals surface area contributed by atoms with Crippen molar-refractivity contribution in [2.45, 2.75) is 19.4 Å². The van der Waals surface area contributed by atoms with Crippen LogP contribution < -0.4 is 10.2 Å². The molecule has 2 aromatic rings. The Morgan fingerprint density at radius 3 is 3.00 bits per heavy atom. The Balaban J connectivity index is 1.95. The molecule has 96 valence electrons. The molecule has 1 saturated heterocycles. The summed E-state index contributed by atoms with van der Waals surface area (Å²) in [7, 11) is 0. The Labute approximate surface area is 114 Å². The number of rotatable bonds is 4. The van der Waals surface area contributed by atoms with Crippen LogP contribution in [-0.4, -0.2) is 40.3 Å². The Kier molecular flexibility index (Phi) is 3.22. The number of nitrogens with one attached hydrogen (secondary N) is 1. The smallest absolute Gasteiger partial charge is 0.246 e. The second-order valence-electron chi connectivity index (χ2n) is 4.57. The van der Waals surface area contributed by atoms with E-state index in [1.54, 1.807) is 0 Å². The summed E-state index contributed by atoms with van der Waals surface area (Å²) in [5.74, 6) is 0.835. The van der Waals surface area contributed by atoms with Crippen molar-refractivity contribution in [3.05, 3.63) is 22.8 Å². The summed E-state index contributed by atoms with van der Waals surface area (Å²) in [5, 5.41) is 7.87. The lowest BCUT2D eigenvalue weighted by atomic mass is 10.1. The molecule has 3 heterocycles. The molecule has 5 nitrogen and oxygen atoms in total. The lowest BCUT2D eigenvalue weighted by molar-refractivity contribution is 0.408. The molecule has 0 amide bonds.